The molecule has 0 bridgehead atoms. The molecule has 9 heteroatoms. The van der Waals surface area contributed by atoms with Crippen LogP contribution in [-0.4, -0.2) is 41.9 Å². The summed E-state index contributed by atoms with van der Waals surface area (Å²) in [5, 5.41) is 8.99. The number of aryl methyl sites for hydroxylation is 1. The van der Waals surface area contributed by atoms with Gasteiger partial charge in [0, 0.05) is 24.5 Å². The number of carboxylic acid groups (broad SMARTS) is 1. The molecule has 0 radical (unpaired) electrons. The zero-order valence-corrected chi connectivity index (χ0v) is 12.7. The second kappa shape index (κ2) is 6.17. The van der Waals surface area contributed by atoms with E-state index in [4.69, 9.17) is 5.11 Å². The van der Waals surface area contributed by atoms with Crippen molar-refractivity contribution < 1.29 is 18.3 Å². The number of piperidine rings is 1. The van der Waals surface area contributed by atoms with E-state index in [1.807, 2.05) is 6.92 Å². The van der Waals surface area contributed by atoms with E-state index in [0.29, 0.717) is 19.4 Å². The van der Waals surface area contributed by atoms with Gasteiger partial charge in [-0.1, -0.05) is 0 Å². The fourth-order valence-electron chi connectivity index (χ4n) is 2.11. The third-order valence-electron chi connectivity index (χ3n) is 3.33. The van der Waals surface area contributed by atoms with Gasteiger partial charge in [0.05, 0.1) is 17.1 Å². The van der Waals surface area contributed by atoms with E-state index in [2.05, 4.69) is 9.71 Å². The van der Waals surface area contributed by atoms with Gasteiger partial charge < -0.3 is 5.11 Å². The monoisotopic (exact) mass is 319 g/mol. The normalized spacial score (nSPS) is 20.9. The van der Waals surface area contributed by atoms with Gasteiger partial charge in [0.1, 0.15) is 0 Å². The van der Waals surface area contributed by atoms with Crippen LogP contribution in [0.3, 0.4) is 0 Å². The van der Waals surface area contributed by atoms with Crippen molar-refractivity contribution in [3.05, 3.63) is 16.1 Å². The number of nitrogens with zero attached hydrogens (tertiary/aromatic N) is 2. The molecule has 2 rings (SSSR count). The Labute approximate surface area is 121 Å². The van der Waals surface area contributed by atoms with Gasteiger partial charge in [-0.15, -0.1) is 11.3 Å². The van der Waals surface area contributed by atoms with Crippen LogP contribution in [0, 0.1) is 12.8 Å². The van der Waals surface area contributed by atoms with Gasteiger partial charge in [-0.05, 0) is 19.8 Å². The van der Waals surface area contributed by atoms with Gasteiger partial charge in [0.2, 0.25) is 0 Å². The molecule has 112 valence electrons. The maximum atomic E-state index is 12.2. The van der Waals surface area contributed by atoms with E-state index < -0.39 is 22.1 Å². The van der Waals surface area contributed by atoms with E-state index in [1.54, 1.807) is 5.51 Å². The molecule has 0 amide bonds. The number of hydrogen-bond acceptors (Lipinski definition) is 5. The van der Waals surface area contributed by atoms with E-state index >= 15 is 0 Å². The molecule has 1 atom stereocenters. The van der Waals surface area contributed by atoms with Crippen LogP contribution in [0.15, 0.2) is 5.51 Å². The molecular weight excluding hydrogens is 302 g/mol. The maximum absolute atomic E-state index is 12.2. The molecule has 1 aliphatic heterocycles. The first-order chi connectivity index (χ1) is 9.40. The van der Waals surface area contributed by atoms with Crippen molar-refractivity contribution in [3.63, 3.8) is 0 Å². The molecule has 1 fully saturated rings. The zero-order valence-electron chi connectivity index (χ0n) is 11.1. The zero-order chi connectivity index (χ0) is 14.8. The largest absolute Gasteiger partial charge is 0.481 e. The first kappa shape index (κ1) is 15.4. The van der Waals surface area contributed by atoms with Crippen molar-refractivity contribution in [1.29, 1.82) is 0 Å². The van der Waals surface area contributed by atoms with Crippen molar-refractivity contribution >= 4 is 27.5 Å². The maximum Gasteiger partial charge on any atom is 0.307 e. The molecular formula is C11H17N3O4S2. The standard InChI is InChI=1S/C11H17N3O4S2/c1-8-10(19-7-12-8)5-13-20(17,18)14-4-2-3-9(6-14)11(15)16/h7,9,13H,2-6H2,1H3,(H,15,16). The van der Waals surface area contributed by atoms with Crippen LogP contribution in [0.2, 0.25) is 0 Å². The molecule has 1 unspecified atom stereocenters. The van der Waals surface area contributed by atoms with Crippen LogP contribution >= 0.6 is 11.3 Å². The lowest BCUT2D eigenvalue weighted by atomic mass is 10.0. The summed E-state index contributed by atoms with van der Waals surface area (Å²) in [6.07, 6.45) is 1.09. The van der Waals surface area contributed by atoms with Crippen molar-refractivity contribution in [2.45, 2.75) is 26.3 Å². The smallest absolute Gasteiger partial charge is 0.307 e. The van der Waals surface area contributed by atoms with Crippen LogP contribution in [0.4, 0.5) is 0 Å². The Morgan fingerprint density at radius 1 is 1.65 bits per heavy atom. The van der Waals surface area contributed by atoms with Gasteiger partial charge in [-0.3, -0.25) is 4.79 Å². The van der Waals surface area contributed by atoms with E-state index in [0.717, 1.165) is 10.6 Å². The number of rotatable bonds is 5. The summed E-state index contributed by atoms with van der Waals surface area (Å²) >= 11 is 1.39. The first-order valence-corrected chi connectivity index (χ1v) is 8.58. The summed E-state index contributed by atoms with van der Waals surface area (Å²) in [6.45, 7) is 2.40. The topological polar surface area (TPSA) is 99.6 Å². The Morgan fingerprint density at radius 3 is 3.00 bits per heavy atom. The average molecular weight is 319 g/mol. The molecule has 1 aromatic rings. The van der Waals surface area contributed by atoms with E-state index in [9.17, 15) is 13.2 Å². The molecule has 2 heterocycles. The highest BCUT2D eigenvalue weighted by atomic mass is 32.2. The lowest BCUT2D eigenvalue weighted by Gasteiger charge is -2.29. The Hall–Kier alpha value is -1.03. The second-order valence-corrected chi connectivity index (χ2v) is 7.42. The predicted octanol–water partition coefficient (Wildman–Crippen LogP) is 0.583. The summed E-state index contributed by atoms with van der Waals surface area (Å²) in [5.74, 6) is -1.56. The minimum Gasteiger partial charge on any atom is -0.481 e. The summed E-state index contributed by atoms with van der Waals surface area (Å²) in [7, 11) is -3.64. The number of thiazole rings is 1. The molecule has 7 nitrogen and oxygen atoms in total. The van der Waals surface area contributed by atoms with E-state index in [-0.39, 0.29) is 13.1 Å². The molecule has 0 aliphatic carbocycles. The molecule has 20 heavy (non-hydrogen) atoms. The summed E-state index contributed by atoms with van der Waals surface area (Å²) in [5.41, 5.74) is 2.47. The Kier molecular flexibility index (Phi) is 4.74. The fraction of sp³-hybridized carbons (Fsp3) is 0.636. The Bertz CT molecular complexity index is 584. The second-order valence-electron chi connectivity index (χ2n) is 4.72. The van der Waals surface area contributed by atoms with Gasteiger partial charge >= 0.3 is 5.97 Å². The number of aromatic nitrogens is 1. The molecule has 0 saturated carbocycles. The Balaban J connectivity index is 1.99. The summed E-state index contributed by atoms with van der Waals surface area (Å²) in [4.78, 5) is 15.9. The summed E-state index contributed by atoms with van der Waals surface area (Å²) in [6, 6.07) is 0. The fourth-order valence-corrected chi connectivity index (χ4v) is 4.17. The Morgan fingerprint density at radius 2 is 2.40 bits per heavy atom. The molecule has 1 aliphatic rings. The van der Waals surface area contributed by atoms with Crippen LogP contribution in [-0.2, 0) is 21.5 Å². The number of nitrogens with one attached hydrogen (secondary N) is 1. The molecule has 1 aromatic heterocycles. The van der Waals surface area contributed by atoms with Crippen LogP contribution in [0.5, 0.6) is 0 Å². The average Bonchev–Trinajstić information content (AvgIpc) is 2.82. The van der Waals surface area contributed by atoms with Gasteiger partial charge in [-0.2, -0.15) is 17.4 Å². The van der Waals surface area contributed by atoms with E-state index in [1.165, 1.54) is 15.6 Å². The lowest BCUT2D eigenvalue weighted by molar-refractivity contribution is -0.142. The SMILES string of the molecule is Cc1ncsc1CNS(=O)(=O)N1CCCC(C(=O)O)C1. The third kappa shape index (κ3) is 3.54. The van der Waals surface area contributed by atoms with Crippen molar-refractivity contribution in [2.75, 3.05) is 13.1 Å². The number of aliphatic carboxylic acids is 1. The lowest BCUT2D eigenvalue weighted by Crippen LogP contribution is -2.47. The third-order valence-corrected chi connectivity index (χ3v) is 5.79. The number of hydrogen-bond donors (Lipinski definition) is 2. The molecule has 2 N–H and O–H groups in total. The highest BCUT2D eigenvalue weighted by molar-refractivity contribution is 7.87. The minimum atomic E-state index is -3.64. The molecule has 0 spiro atoms. The van der Waals surface area contributed by atoms with Gasteiger partial charge in [-0.25, -0.2) is 4.98 Å². The van der Waals surface area contributed by atoms with Crippen molar-refractivity contribution in [1.82, 2.24) is 14.0 Å². The highest BCUT2D eigenvalue weighted by Gasteiger charge is 2.32. The molecule has 0 aromatic carbocycles. The number of carbonyl (C=O) groups is 1. The first-order valence-electron chi connectivity index (χ1n) is 6.26. The number of carboxylic acids is 1. The van der Waals surface area contributed by atoms with Gasteiger partial charge in [0.15, 0.2) is 0 Å². The van der Waals surface area contributed by atoms with Crippen LogP contribution in [0.25, 0.3) is 0 Å². The predicted molar refractivity (Wildman–Crippen MR) is 74.5 cm³/mol. The van der Waals surface area contributed by atoms with Crippen LogP contribution < -0.4 is 4.72 Å². The minimum absolute atomic E-state index is 0.0341. The van der Waals surface area contributed by atoms with Crippen molar-refractivity contribution in [3.8, 4) is 0 Å². The van der Waals surface area contributed by atoms with Crippen LogP contribution in [0.1, 0.15) is 23.4 Å². The molecule has 1 saturated heterocycles. The van der Waals surface area contributed by atoms with Gasteiger partial charge in [0.25, 0.3) is 10.2 Å². The highest BCUT2D eigenvalue weighted by Crippen LogP contribution is 2.19. The quantitative estimate of drug-likeness (QED) is 0.827. The summed E-state index contributed by atoms with van der Waals surface area (Å²) < 4.78 is 28.1. The van der Waals surface area contributed by atoms with Crippen molar-refractivity contribution in [2.24, 2.45) is 5.92 Å².